The van der Waals surface area contributed by atoms with Crippen molar-refractivity contribution in [2.75, 3.05) is 0 Å². The number of rotatable bonds is 4. The van der Waals surface area contributed by atoms with Gasteiger partial charge in [0.2, 0.25) is 5.88 Å². The highest BCUT2D eigenvalue weighted by Crippen LogP contribution is 2.31. The highest BCUT2D eigenvalue weighted by Gasteiger charge is 2.14. The highest BCUT2D eigenvalue weighted by atomic mass is 35.5. The number of halogens is 1. The fourth-order valence-corrected chi connectivity index (χ4v) is 1.94. The zero-order valence-corrected chi connectivity index (χ0v) is 11.7. The van der Waals surface area contributed by atoms with Crippen LogP contribution in [0, 0.1) is 17.0 Å². The molecule has 0 spiro atoms. The molecule has 0 bridgehead atoms. The van der Waals surface area contributed by atoms with Gasteiger partial charge in [-0.05, 0) is 25.0 Å². The summed E-state index contributed by atoms with van der Waals surface area (Å²) in [4.78, 5) is 18.2. The van der Waals surface area contributed by atoms with Gasteiger partial charge in [0.1, 0.15) is 17.2 Å². The van der Waals surface area contributed by atoms with Gasteiger partial charge < -0.3 is 4.74 Å². The third-order valence-corrected chi connectivity index (χ3v) is 3.12. The van der Waals surface area contributed by atoms with Gasteiger partial charge in [-0.1, -0.05) is 18.5 Å². The molecule has 0 radical (unpaired) electrons. The maximum atomic E-state index is 10.8. The Hall–Kier alpha value is -2.21. The summed E-state index contributed by atoms with van der Waals surface area (Å²) in [6.45, 7) is 3.70. The number of benzene rings is 1. The predicted octanol–water partition coefficient (Wildman–Crippen LogP) is 3.70. The van der Waals surface area contributed by atoms with Crippen molar-refractivity contribution in [3.05, 3.63) is 50.9 Å². The molecule has 0 aliphatic carbocycles. The zero-order chi connectivity index (χ0) is 14.7. The van der Waals surface area contributed by atoms with Crippen LogP contribution in [0.3, 0.4) is 0 Å². The van der Waals surface area contributed by atoms with Crippen LogP contribution in [0.15, 0.2) is 24.5 Å². The molecular formula is C13H12ClN3O3. The minimum absolute atomic E-state index is 0.0381. The highest BCUT2D eigenvalue weighted by molar-refractivity contribution is 6.30. The molecule has 0 fully saturated rings. The van der Waals surface area contributed by atoms with Crippen LogP contribution in [-0.4, -0.2) is 14.9 Å². The standard InChI is InChI=1S/C13H12ClN3O3/c1-3-10-12(14)15-7-16-13(10)20-11-6-9(17(18)19)5-4-8(11)2/h4-7H,3H2,1-2H3. The summed E-state index contributed by atoms with van der Waals surface area (Å²) < 4.78 is 5.66. The Kier molecular flexibility index (Phi) is 4.14. The molecule has 6 nitrogen and oxygen atoms in total. The van der Waals surface area contributed by atoms with E-state index in [1.54, 1.807) is 13.0 Å². The topological polar surface area (TPSA) is 78.2 Å². The van der Waals surface area contributed by atoms with Gasteiger partial charge in [0.15, 0.2) is 0 Å². The van der Waals surface area contributed by atoms with E-state index >= 15 is 0 Å². The van der Waals surface area contributed by atoms with Crippen molar-refractivity contribution in [3.63, 3.8) is 0 Å². The van der Waals surface area contributed by atoms with Gasteiger partial charge >= 0.3 is 0 Å². The summed E-state index contributed by atoms with van der Waals surface area (Å²) in [7, 11) is 0. The van der Waals surface area contributed by atoms with Gasteiger partial charge in [-0.25, -0.2) is 9.97 Å². The minimum Gasteiger partial charge on any atom is -0.438 e. The Morgan fingerprint density at radius 2 is 2.15 bits per heavy atom. The smallest absolute Gasteiger partial charge is 0.273 e. The number of aryl methyl sites for hydroxylation is 1. The lowest BCUT2D eigenvalue weighted by atomic mass is 10.2. The van der Waals surface area contributed by atoms with Crippen LogP contribution in [0.25, 0.3) is 0 Å². The third-order valence-electron chi connectivity index (χ3n) is 2.80. The molecule has 2 aromatic rings. The largest absolute Gasteiger partial charge is 0.438 e. The van der Waals surface area contributed by atoms with Crippen molar-refractivity contribution in [2.45, 2.75) is 20.3 Å². The average Bonchev–Trinajstić information content (AvgIpc) is 2.41. The first-order valence-electron chi connectivity index (χ1n) is 5.95. The number of non-ortho nitro benzene ring substituents is 1. The number of ether oxygens (including phenoxy) is 1. The number of hydrogen-bond acceptors (Lipinski definition) is 5. The van der Waals surface area contributed by atoms with E-state index in [9.17, 15) is 10.1 Å². The second-order valence-electron chi connectivity index (χ2n) is 4.11. The van der Waals surface area contributed by atoms with Crippen molar-refractivity contribution in [1.82, 2.24) is 9.97 Å². The van der Waals surface area contributed by atoms with E-state index in [1.807, 2.05) is 6.92 Å². The van der Waals surface area contributed by atoms with Gasteiger partial charge in [0.05, 0.1) is 16.6 Å². The van der Waals surface area contributed by atoms with Crippen LogP contribution >= 0.6 is 11.6 Å². The molecular weight excluding hydrogens is 282 g/mol. The quantitative estimate of drug-likeness (QED) is 0.488. The zero-order valence-electron chi connectivity index (χ0n) is 11.0. The maximum Gasteiger partial charge on any atom is 0.273 e. The number of aromatic nitrogens is 2. The first-order valence-corrected chi connectivity index (χ1v) is 6.33. The molecule has 1 heterocycles. The van der Waals surface area contributed by atoms with Gasteiger partial charge in [0.25, 0.3) is 5.69 Å². The van der Waals surface area contributed by atoms with Crippen LogP contribution in [0.5, 0.6) is 11.6 Å². The first kappa shape index (κ1) is 14.2. The number of nitro benzene ring substituents is 1. The molecule has 7 heteroatoms. The maximum absolute atomic E-state index is 10.8. The van der Waals surface area contributed by atoms with E-state index in [-0.39, 0.29) is 5.69 Å². The number of nitrogens with zero attached hydrogens (tertiary/aromatic N) is 3. The molecule has 20 heavy (non-hydrogen) atoms. The van der Waals surface area contributed by atoms with E-state index in [0.29, 0.717) is 28.8 Å². The lowest BCUT2D eigenvalue weighted by molar-refractivity contribution is -0.384. The van der Waals surface area contributed by atoms with Crippen molar-refractivity contribution in [2.24, 2.45) is 0 Å². The molecule has 0 aliphatic heterocycles. The van der Waals surface area contributed by atoms with Crippen molar-refractivity contribution in [3.8, 4) is 11.6 Å². The third kappa shape index (κ3) is 2.85. The molecule has 0 saturated heterocycles. The van der Waals surface area contributed by atoms with Crippen LogP contribution in [0.1, 0.15) is 18.1 Å². The molecule has 104 valence electrons. The summed E-state index contributed by atoms with van der Waals surface area (Å²) in [5.41, 5.74) is 1.40. The molecule has 0 saturated carbocycles. The monoisotopic (exact) mass is 293 g/mol. The van der Waals surface area contributed by atoms with E-state index in [0.717, 1.165) is 5.56 Å². The minimum atomic E-state index is -0.472. The lowest BCUT2D eigenvalue weighted by Gasteiger charge is -2.11. The van der Waals surface area contributed by atoms with Crippen molar-refractivity contribution >= 4 is 17.3 Å². The summed E-state index contributed by atoms with van der Waals surface area (Å²) >= 11 is 5.98. The Labute approximate surface area is 120 Å². The van der Waals surface area contributed by atoms with Crippen LogP contribution < -0.4 is 4.74 Å². The van der Waals surface area contributed by atoms with Gasteiger partial charge in [0, 0.05) is 6.07 Å². The first-order chi connectivity index (χ1) is 9.52. The number of hydrogen-bond donors (Lipinski definition) is 0. The molecule has 0 amide bonds. The molecule has 0 atom stereocenters. The average molecular weight is 294 g/mol. The fraction of sp³-hybridized carbons (Fsp3) is 0.231. The fourth-order valence-electron chi connectivity index (χ4n) is 1.68. The predicted molar refractivity (Wildman–Crippen MR) is 74.3 cm³/mol. The van der Waals surface area contributed by atoms with Crippen molar-refractivity contribution < 1.29 is 9.66 Å². The molecule has 0 unspecified atom stereocenters. The molecule has 2 rings (SSSR count). The molecule has 1 aromatic carbocycles. The Bertz CT molecular complexity index is 661. The number of nitro groups is 1. The SMILES string of the molecule is CCc1c(Cl)ncnc1Oc1cc([N+](=O)[O-])ccc1C. The summed E-state index contributed by atoms with van der Waals surface area (Å²) in [5, 5.41) is 11.1. The second kappa shape index (κ2) is 5.83. The Morgan fingerprint density at radius 3 is 2.80 bits per heavy atom. The van der Waals surface area contributed by atoms with E-state index < -0.39 is 4.92 Å². The molecule has 0 aliphatic rings. The summed E-state index contributed by atoms with van der Waals surface area (Å²) in [6, 6.07) is 4.42. The van der Waals surface area contributed by atoms with Crippen LogP contribution in [-0.2, 0) is 6.42 Å². The van der Waals surface area contributed by atoms with Gasteiger partial charge in [-0.2, -0.15) is 0 Å². The van der Waals surface area contributed by atoms with E-state index in [2.05, 4.69) is 9.97 Å². The second-order valence-corrected chi connectivity index (χ2v) is 4.47. The van der Waals surface area contributed by atoms with Crippen LogP contribution in [0.4, 0.5) is 5.69 Å². The van der Waals surface area contributed by atoms with E-state index in [1.165, 1.54) is 18.5 Å². The Morgan fingerprint density at radius 1 is 1.40 bits per heavy atom. The molecule has 1 aromatic heterocycles. The van der Waals surface area contributed by atoms with Crippen molar-refractivity contribution in [1.29, 1.82) is 0 Å². The molecule has 0 N–H and O–H groups in total. The Balaban J connectivity index is 2.42. The van der Waals surface area contributed by atoms with Crippen LogP contribution in [0.2, 0.25) is 5.15 Å². The van der Waals surface area contributed by atoms with Gasteiger partial charge in [-0.3, -0.25) is 10.1 Å². The van der Waals surface area contributed by atoms with Gasteiger partial charge in [-0.15, -0.1) is 0 Å². The van der Waals surface area contributed by atoms with E-state index in [4.69, 9.17) is 16.3 Å². The summed E-state index contributed by atoms with van der Waals surface area (Å²) in [5.74, 6) is 0.694. The summed E-state index contributed by atoms with van der Waals surface area (Å²) in [6.07, 6.45) is 1.90. The lowest BCUT2D eigenvalue weighted by Crippen LogP contribution is -1.98. The normalized spacial score (nSPS) is 10.3.